The maximum atomic E-state index is 10.3. The molecule has 0 atom stereocenters. The van der Waals surface area contributed by atoms with Crippen LogP contribution in [-0.4, -0.2) is 11.3 Å². The fourth-order valence-corrected chi connectivity index (χ4v) is 1.31. The molecule has 0 spiro atoms. The Labute approximate surface area is 87.8 Å². The first kappa shape index (κ1) is 9.65. The molecule has 0 bridgehead atoms. The van der Waals surface area contributed by atoms with Gasteiger partial charge in [-0.05, 0) is 19.1 Å². The Morgan fingerprint density at radius 3 is 2.73 bits per heavy atom. The van der Waals surface area contributed by atoms with Crippen LogP contribution < -0.4 is 0 Å². The van der Waals surface area contributed by atoms with Crippen molar-refractivity contribution in [2.75, 3.05) is 0 Å². The summed E-state index contributed by atoms with van der Waals surface area (Å²) in [5.74, 6) is 1.16. The van der Waals surface area contributed by atoms with Gasteiger partial charge in [-0.1, -0.05) is 17.7 Å². The third-order valence-electron chi connectivity index (χ3n) is 2.14. The van der Waals surface area contributed by atoms with E-state index in [9.17, 15) is 4.79 Å². The van der Waals surface area contributed by atoms with Crippen LogP contribution in [0.15, 0.2) is 34.9 Å². The topological polar surface area (TPSA) is 43.1 Å². The van der Waals surface area contributed by atoms with Crippen molar-refractivity contribution in [2.45, 2.75) is 13.3 Å². The van der Waals surface area contributed by atoms with E-state index in [1.807, 2.05) is 31.2 Å². The van der Waals surface area contributed by atoms with Gasteiger partial charge >= 0.3 is 0 Å². The van der Waals surface area contributed by atoms with E-state index < -0.39 is 0 Å². The molecule has 2 aromatic rings. The van der Waals surface area contributed by atoms with E-state index in [1.54, 1.807) is 6.20 Å². The minimum absolute atomic E-state index is 0.277. The van der Waals surface area contributed by atoms with Gasteiger partial charge in [-0.2, -0.15) is 0 Å². The second-order valence-electron chi connectivity index (χ2n) is 3.37. The molecule has 0 aliphatic rings. The first-order chi connectivity index (χ1) is 7.29. The van der Waals surface area contributed by atoms with Crippen LogP contribution in [0.4, 0.5) is 0 Å². The van der Waals surface area contributed by atoms with E-state index in [4.69, 9.17) is 4.42 Å². The van der Waals surface area contributed by atoms with Gasteiger partial charge in [-0.3, -0.25) is 0 Å². The number of rotatable bonds is 3. The van der Waals surface area contributed by atoms with Crippen LogP contribution in [0.3, 0.4) is 0 Å². The Morgan fingerprint density at radius 2 is 2.07 bits per heavy atom. The van der Waals surface area contributed by atoms with Crippen molar-refractivity contribution in [2.24, 2.45) is 0 Å². The van der Waals surface area contributed by atoms with Gasteiger partial charge in [0.2, 0.25) is 5.89 Å². The van der Waals surface area contributed by atoms with E-state index in [0.717, 1.165) is 11.8 Å². The molecule has 0 amide bonds. The number of aldehydes is 1. The Balaban J connectivity index is 2.28. The van der Waals surface area contributed by atoms with Gasteiger partial charge in [-0.25, -0.2) is 4.98 Å². The third-order valence-corrected chi connectivity index (χ3v) is 2.14. The van der Waals surface area contributed by atoms with E-state index in [-0.39, 0.29) is 6.42 Å². The van der Waals surface area contributed by atoms with Crippen molar-refractivity contribution in [1.82, 2.24) is 4.98 Å². The fraction of sp³-hybridized carbons (Fsp3) is 0.167. The molecule has 15 heavy (non-hydrogen) atoms. The highest BCUT2D eigenvalue weighted by Gasteiger charge is 2.05. The lowest BCUT2D eigenvalue weighted by Gasteiger charge is -1.95. The number of hydrogen-bond acceptors (Lipinski definition) is 3. The molecule has 0 unspecified atom stereocenters. The second kappa shape index (κ2) is 4.09. The largest absolute Gasteiger partial charge is 0.441 e. The van der Waals surface area contributed by atoms with Crippen molar-refractivity contribution >= 4 is 6.29 Å². The summed E-state index contributed by atoms with van der Waals surface area (Å²) in [6.45, 7) is 2.02. The zero-order chi connectivity index (χ0) is 10.7. The van der Waals surface area contributed by atoms with Crippen LogP contribution in [0.5, 0.6) is 0 Å². The highest BCUT2D eigenvalue weighted by atomic mass is 16.4. The molecule has 0 aliphatic carbocycles. The number of benzene rings is 1. The molecular formula is C12H11NO2. The maximum absolute atomic E-state index is 10.3. The summed E-state index contributed by atoms with van der Waals surface area (Å²) in [4.78, 5) is 14.4. The molecule has 0 fully saturated rings. The molecule has 76 valence electrons. The van der Waals surface area contributed by atoms with Crippen LogP contribution in [0, 0.1) is 6.92 Å². The van der Waals surface area contributed by atoms with Crippen LogP contribution in [0.25, 0.3) is 11.5 Å². The van der Waals surface area contributed by atoms with Gasteiger partial charge in [0.25, 0.3) is 0 Å². The maximum Gasteiger partial charge on any atom is 0.226 e. The van der Waals surface area contributed by atoms with Crippen molar-refractivity contribution in [1.29, 1.82) is 0 Å². The predicted molar refractivity (Wildman–Crippen MR) is 56.4 cm³/mol. The van der Waals surface area contributed by atoms with Gasteiger partial charge in [0.15, 0.2) is 0 Å². The lowest BCUT2D eigenvalue weighted by molar-refractivity contribution is -0.107. The van der Waals surface area contributed by atoms with Gasteiger partial charge in [0.05, 0.1) is 12.6 Å². The number of aryl methyl sites for hydroxylation is 1. The molecule has 0 saturated heterocycles. The van der Waals surface area contributed by atoms with Crippen LogP contribution in [0.2, 0.25) is 0 Å². The third kappa shape index (κ3) is 2.13. The predicted octanol–water partition coefficient (Wildman–Crippen LogP) is 2.39. The quantitative estimate of drug-likeness (QED) is 0.716. The number of carbonyl (C=O) groups is 1. The van der Waals surface area contributed by atoms with Crippen LogP contribution in [-0.2, 0) is 11.2 Å². The van der Waals surface area contributed by atoms with Crippen molar-refractivity contribution < 1.29 is 9.21 Å². The molecule has 0 radical (unpaired) electrons. The number of oxazole rings is 1. The van der Waals surface area contributed by atoms with Crippen molar-refractivity contribution in [3.8, 4) is 11.5 Å². The van der Waals surface area contributed by atoms with Crippen LogP contribution in [0.1, 0.15) is 11.3 Å². The molecular weight excluding hydrogens is 190 g/mol. The molecule has 0 saturated carbocycles. The van der Waals surface area contributed by atoms with E-state index >= 15 is 0 Å². The molecule has 1 heterocycles. The molecule has 3 heteroatoms. The number of aromatic nitrogens is 1. The first-order valence-corrected chi connectivity index (χ1v) is 4.75. The Bertz CT molecular complexity index is 457. The summed E-state index contributed by atoms with van der Waals surface area (Å²) in [6, 6.07) is 7.90. The average molecular weight is 201 g/mol. The minimum atomic E-state index is 0.277. The summed E-state index contributed by atoms with van der Waals surface area (Å²) in [5.41, 5.74) is 2.12. The smallest absolute Gasteiger partial charge is 0.226 e. The average Bonchev–Trinajstić information content (AvgIpc) is 2.68. The van der Waals surface area contributed by atoms with E-state index in [2.05, 4.69) is 4.98 Å². The van der Waals surface area contributed by atoms with E-state index in [0.29, 0.717) is 11.7 Å². The summed E-state index contributed by atoms with van der Waals surface area (Å²) in [5, 5.41) is 0. The monoisotopic (exact) mass is 201 g/mol. The second-order valence-corrected chi connectivity index (χ2v) is 3.37. The number of carbonyl (C=O) groups excluding carboxylic acids is 1. The highest BCUT2D eigenvalue weighted by Crippen LogP contribution is 2.19. The molecule has 3 nitrogen and oxygen atoms in total. The molecule has 2 rings (SSSR count). The molecule has 1 aromatic carbocycles. The standard InChI is InChI=1S/C12H11NO2/c1-9-2-4-10(5-3-9)12-13-8-11(15-12)6-7-14/h2-5,7-8H,6H2,1H3. The lowest BCUT2D eigenvalue weighted by Crippen LogP contribution is -1.79. The zero-order valence-corrected chi connectivity index (χ0v) is 8.43. The lowest BCUT2D eigenvalue weighted by atomic mass is 10.1. The van der Waals surface area contributed by atoms with Gasteiger partial charge in [0.1, 0.15) is 12.0 Å². The number of nitrogens with zero attached hydrogens (tertiary/aromatic N) is 1. The van der Waals surface area contributed by atoms with Gasteiger partial charge in [0, 0.05) is 5.56 Å². The summed E-state index contributed by atoms with van der Waals surface area (Å²) in [6.07, 6.45) is 2.67. The number of hydrogen-bond donors (Lipinski definition) is 0. The van der Waals surface area contributed by atoms with Gasteiger partial charge in [-0.15, -0.1) is 0 Å². The molecule has 0 N–H and O–H groups in total. The fourth-order valence-electron chi connectivity index (χ4n) is 1.31. The Kier molecular flexibility index (Phi) is 2.63. The van der Waals surface area contributed by atoms with Gasteiger partial charge < -0.3 is 9.21 Å². The minimum Gasteiger partial charge on any atom is -0.441 e. The Hall–Kier alpha value is -1.90. The summed E-state index contributed by atoms with van der Waals surface area (Å²) >= 11 is 0. The summed E-state index contributed by atoms with van der Waals surface area (Å²) in [7, 11) is 0. The van der Waals surface area contributed by atoms with Crippen molar-refractivity contribution in [3.63, 3.8) is 0 Å². The Morgan fingerprint density at radius 1 is 1.33 bits per heavy atom. The SMILES string of the molecule is Cc1ccc(-c2ncc(CC=O)o2)cc1. The molecule has 1 aromatic heterocycles. The van der Waals surface area contributed by atoms with Crippen molar-refractivity contribution in [3.05, 3.63) is 41.8 Å². The normalized spacial score (nSPS) is 10.2. The summed E-state index contributed by atoms with van der Waals surface area (Å²) < 4.78 is 5.41. The zero-order valence-electron chi connectivity index (χ0n) is 8.43. The highest BCUT2D eigenvalue weighted by molar-refractivity contribution is 5.56. The van der Waals surface area contributed by atoms with Crippen LogP contribution >= 0.6 is 0 Å². The first-order valence-electron chi connectivity index (χ1n) is 4.75. The van der Waals surface area contributed by atoms with E-state index in [1.165, 1.54) is 5.56 Å². The molecule has 0 aliphatic heterocycles.